The summed E-state index contributed by atoms with van der Waals surface area (Å²) in [5.74, 6) is 1.32. The van der Waals surface area contributed by atoms with Crippen LogP contribution in [0.25, 0.3) is 0 Å². The van der Waals surface area contributed by atoms with Gasteiger partial charge in [-0.25, -0.2) is 0 Å². The molecule has 4 rings (SSSR count). The molecule has 0 radical (unpaired) electrons. The van der Waals surface area contributed by atoms with E-state index in [-0.39, 0.29) is 5.91 Å². The minimum Gasteiger partial charge on any atom is -0.325 e. The summed E-state index contributed by atoms with van der Waals surface area (Å²) in [6.45, 7) is 2.10. The van der Waals surface area contributed by atoms with Crippen LogP contribution in [0.2, 0.25) is 0 Å². The second-order valence-electron chi connectivity index (χ2n) is 8.07. The van der Waals surface area contributed by atoms with Crippen molar-refractivity contribution in [3.63, 3.8) is 0 Å². The van der Waals surface area contributed by atoms with Gasteiger partial charge in [-0.3, -0.25) is 4.79 Å². The maximum atomic E-state index is 12.6. The maximum Gasteiger partial charge on any atom is 0.234 e. The first-order chi connectivity index (χ1) is 15.2. The fourth-order valence-electron chi connectivity index (χ4n) is 4.28. The molecule has 1 aromatic heterocycles. The molecule has 0 unspecified atom stereocenters. The van der Waals surface area contributed by atoms with E-state index in [1.807, 2.05) is 24.3 Å². The first-order valence-corrected chi connectivity index (χ1v) is 12.2. The summed E-state index contributed by atoms with van der Waals surface area (Å²) in [6, 6.07) is 18.8. The van der Waals surface area contributed by atoms with Crippen molar-refractivity contribution >= 4 is 23.4 Å². The molecule has 1 amide bonds. The molecule has 1 N–H and O–H groups in total. The van der Waals surface area contributed by atoms with E-state index < -0.39 is 0 Å². The van der Waals surface area contributed by atoms with Gasteiger partial charge < -0.3 is 9.88 Å². The normalized spacial score (nSPS) is 14.5. The highest BCUT2D eigenvalue weighted by molar-refractivity contribution is 7.99. The molecule has 162 valence electrons. The number of amides is 1. The fraction of sp³-hybridized carbons (Fsp3) is 0.400. The number of para-hydroxylation sites is 1. The van der Waals surface area contributed by atoms with Crippen molar-refractivity contribution in [2.45, 2.75) is 63.1 Å². The lowest BCUT2D eigenvalue weighted by atomic mass is 9.95. The van der Waals surface area contributed by atoms with Gasteiger partial charge in [0.25, 0.3) is 0 Å². The van der Waals surface area contributed by atoms with Gasteiger partial charge in [0.05, 0.1) is 5.75 Å². The molecule has 6 heteroatoms. The van der Waals surface area contributed by atoms with Crippen LogP contribution in [0.15, 0.2) is 59.8 Å². The van der Waals surface area contributed by atoms with Gasteiger partial charge in [-0.15, -0.1) is 10.2 Å². The van der Waals surface area contributed by atoms with Crippen LogP contribution in [0, 0.1) is 0 Å². The zero-order valence-electron chi connectivity index (χ0n) is 18.1. The molecular weight excluding hydrogens is 404 g/mol. The first kappa shape index (κ1) is 21.6. The molecule has 1 aliphatic rings. The molecule has 1 fully saturated rings. The molecule has 5 nitrogen and oxygen atoms in total. The number of hydrogen-bond acceptors (Lipinski definition) is 4. The Morgan fingerprint density at radius 2 is 1.77 bits per heavy atom. The van der Waals surface area contributed by atoms with Gasteiger partial charge in [-0.2, -0.15) is 0 Å². The maximum absolute atomic E-state index is 12.6. The van der Waals surface area contributed by atoms with Crippen molar-refractivity contribution in [2.24, 2.45) is 0 Å². The van der Waals surface area contributed by atoms with Crippen molar-refractivity contribution in [2.75, 3.05) is 11.1 Å². The summed E-state index contributed by atoms with van der Waals surface area (Å²) in [6.07, 6.45) is 7.75. The van der Waals surface area contributed by atoms with E-state index in [2.05, 4.69) is 57.3 Å². The van der Waals surface area contributed by atoms with Crippen molar-refractivity contribution in [3.05, 3.63) is 71.5 Å². The van der Waals surface area contributed by atoms with Crippen LogP contribution in [0.3, 0.4) is 0 Å². The average molecular weight is 435 g/mol. The van der Waals surface area contributed by atoms with Gasteiger partial charge in [0.1, 0.15) is 5.82 Å². The molecule has 0 spiro atoms. The van der Waals surface area contributed by atoms with E-state index in [9.17, 15) is 4.79 Å². The Balaban J connectivity index is 1.48. The number of carbonyl (C=O) groups is 1. The van der Waals surface area contributed by atoms with Crippen LogP contribution < -0.4 is 5.32 Å². The Morgan fingerprint density at radius 3 is 2.55 bits per heavy atom. The molecule has 1 aliphatic carbocycles. The van der Waals surface area contributed by atoms with Crippen molar-refractivity contribution < 1.29 is 4.79 Å². The largest absolute Gasteiger partial charge is 0.325 e. The smallest absolute Gasteiger partial charge is 0.234 e. The van der Waals surface area contributed by atoms with Gasteiger partial charge >= 0.3 is 0 Å². The standard InChI is InChI=1S/C25H30N4OS/c1-2-20-13-9-10-16-22(20)26-24(30)18-31-25-28-27-23(17-19-11-5-3-6-12-19)29(25)21-14-7-4-8-15-21/h3,5-6,9-13,16,21H,2,4,7-8,14-15,17-18H2,1H3,(H,26,30). The van der Waals surface area contributed by atoms with Crippen LogP contribution >= 0.6 is 11.8 Å². The summed E-state index contributed by atoms with van der Waals surface area (Å²) in [5.41, 5.74) is 3.28. The van der Waals surface area contributed by atoms with E-state index in [1.165, 1.54) is 36.6 Å². The van der Waals surface area contributed by atoms with E-state index in [4.69, 9.17) is 0 Å². The Labute approximate surface area is 188 Å². The third kappa shape index (κ3) is 5.56. The van der Waals surface area contributed by atoms with Gasteiger partial charge in [0.2, 0.25) is 5.91 Å². The Morgan fingerprint density at radius 1 is 1.03 bits per heavy atom. The number of nitrogens with zero attached hydrogens (tertiary/aromatic N) is 3. The van der Waals surface area contributed by atoms with E-state index >= 15 is 0 Å². The highest BCUT2D eigenvalue weighted by Gasteiger charge is 2.23. The Kier molecular flexibility index (Phi) is 7.41. The lowest BCUT2D eigenvalue weighted by molar-refractivity contribution is -0.113. The number of aryl methyl sites for hydroxylation is 1. The third-order valence-corrected chi connectivity index (χ3v) is 6.83. The third-order valence-electron chi connectivity index (χ3n) is 5.88. The van der Waals surface area contributed by atoms with Crippen LogP contribution in [0.5, 0.6) is 0 Å². The minimum absolute atomic E-state index is 0.00583. The molecule has 2 aromatic carbocycles. The fourth-order valence-corrected chi connectivity index (χ4v) is 5.10. The minimum atomic E-state index is -0.00583. The summed E-state index contributed by atoms with van der Waals surface area (Å²) in [7, 11) is 0. The van der Waals surface area contributed by atoms with E-state index in [0.29, 0.717) is 11.8 Å². The predicted molar refractivity (Wildman–Crippen MR) is 127 cm³/mol. The Hall–Kier alpha value is -2.60. The van der Waals surface area contributed by atoms with E-state index in [1.54, 1.807) is 0 Å². The first-order valence-electron chi connectivity index (χ1n) is 11.2. The van der Waals surface area contributed by atoms with Gasteiger partial charge in [-0.1, -0.05) is 86.5 Å². The number of nitrogens with one attached hydrogen (secondary N) is 1. The number of thioether (sulfide) groups is 1. The molecule has 3 aromatic rings. The number of anilines is 1. The highest BCUT2D eigenvalue weighted by Crippen LogP contribution is 2.33. The number of hydrogen-bond donors (Lipinski definition) is 1. The molecule has 0 bridgehead atoms. The molecule has 0 atom stereocenters. The molecule has 0 saturated heterocycles. The van der Waals surface area contributed by atoms with Gasteiger partial charge in [-0.05, 0) is 36.5 Å². The summed E-state index contributed by atoms with van der Waals surface area (Å²) in [4.78, 5) is 12.6. The monoisotopic (exact) mass is 434 g/mol. The van der Waals surface area contributed by atoms with Crippen LogP contribution in [-0.2, 0) is 17.6 Å². The number of rotatable bonds is 8. The number of carbonyl (C=O) groups excluding carboxylic acids is 1. The topological polar surface area (TPSA) is 59.8 Å². The van der Waals surface area contributed by atoms with Crippen LogP contribution in [0.4, 0.5) is 5.69 Å². The Bertz CT molecular complexity index is 996. The second kappa shape index (κ2) is 10.6. The average Bonchev–Trinajstić information content (AvgIpc) is 3.21. The molecular formula is C25H30N4OS. The molecule has 0 aliphatic heterocycles. The van der Waals surface area contributed by atoms with Crippen molar-refractivity contribution in [3.8, 4) is 0 Å². The summed E-state index contributed by atoms with van der Waals surface area (Å²) >= 11 is 1.49. The zero-order valence-corrected chi connectivity index (χ0v) is 18.9. The number of benzene rings is 2. The number of aromatic nitrogens is 3. The second-order valence-corrected chi connectivity index (χ2v) is 9.01. The van der Waals surface area contributed by atoms with Crippen molar-refractivity contribution in [1.29, 1.82) is 0 Å². The summed E-state index contributed by atoms with van der Waals surface area (Å²) < 4.78 is 2.31. The SMILES string of the molecule is CCc1ccccc1NC(=O)CSc1nnc(Cc2ccccc2)n1C1CCCCC1. The van der Waals surface area contributed by atoms with E-state index in [0.717, 1.165) is 47.9 Å². The molecule has 1 saturated carbocycles. The summed E-state index contributed by atoms with van der Waals surface area (Å²) in [5, 5.41) is 13.0. The molecule has 1 heterocycles. The predicted octanol–water partition coefficient (Wildman–Crippen LogP) is 5.67. The quantitative estimate of drug-likeness (QED) is 0.464. The lowest BCUT2D eigenvalue weighted by Gasteiger charge is -2.25. The van der Waals surface area contributed by atoms with Crippen LogP contribution in [0.1, 0.15) is 62.0 Å². The van der Waals surface area contributed by atoms with Gasteiger partial charge in [0.15, 0.2) is 5.16 Å². The van der Waals surface area contributed by atoms with Crippen LogP contribution in [-0.4, -0.2) is 26.4 Å². The molecule has 31 heavy (non-hydrogen) atoms. The highest BCUT2D eigenvalue weighted by atomic mass is 32.2. The van der Waals surface area contributed by atoms with Gasteiger partial charge in [0, 0.05) is 18.2 Å². The lowest BCUT2D eigenvalue weighted by Crippen LogP contribution is -2.18. The zero-order chi connectivity index (χ0) is 21.5. The van der Waals surface area contributed by atoms with Crippen molar-refractivity contribution in [1.82, 2.24) is 14.8 Å².